The van der Waals surface area contributed by atoms with Gasteiger partial charge in [-0.05, 0) is 12.5 Å². The Hall–Kier alpha value is -0.790. The minimum Gasteiger partial charge on any atom is -0.282 e. The van der Waals surface area contributed by atoms with Gasteiger partial charge in [-0.15, -0.1) is 0 Å². The minimum absolute atomic E-state index is 0. The van der Waals surface area contributed by atoms with Crippen molar-refractivity contribution >= 4 is 0 Å². The molecule has 0 saturated carbocycles. The highest BCUT2D eigenvalue weighted by atomic mass is 15.1. The maximum atomic E-state index is 3.91. The summed E-state index contributed by atoms with van der Waals surface area (Å²) >= 11 is 0. The number of H-pyrrole nitrogens is 1. The van der Waals surface area contributed by atoms with Crippen molar-refractivity contribution in [1.82, 2.24) is 10.2 Å². The molecule has 0 spiro atoms. The van der Waals surface area contributed by atoms with Crippen LogP contribution in [0.4, 0.5) is 0 Å². The molecule has 0 amide bonds. The van der Waals surface area contributed by atoms with E-state index in [2.05, 4.69) is 31.0 Å². The van der Waals surface area contributed by atoms with E-state index in [9.17, 15) is 0 Å². The zero-order chi connectivity index (χ0) is 7.61. The highest BCUT2D eigenvalue weighted by Gasteiger charge is 2.18. The second-order valence-corrected chi connectivity index (χ2v) is 3.21. The highest BCUT2D eigenvalue weighted by molar-refractivity contribution is 5.10. The van der Waals surface area contributed by atoms with E-state index in [0.29, 0.717) is 0 Å². The number of nitrogens with one attached hydrogen (secondary N) is 1. The van der Waals surface area contributed by atoms with Gasteiger partial charge in [-0.2, -0.15) is 5.10 Å². The fourth-order valence-electron chi connectivity index (χ4n) is 0.823. The van der Waals surface area contributed by atoms with Crippen LogP contribution in [-0.2, 0) is 5.41 Å². The largest absolute Gasteiger partial charge is 0.282 e. The van der Waals surface area contributed by atoms with Crippen molar-refractivity contribution in [3.63, 3.8) is 0 Å². The third-order valence-electron chi connectivity index (χ3n) is 2.11. The first kappa shape index (κ1) is 7.32. The molecule has 0 unspecified atom stereocenters. The summed E-state index contributed by atoms with van der Waals surface area (Å²) in [5, 5.41) is 6.89. The summed E-state index contributed by atoms with van der Waals surface area (Å²) in [6.45, 7) is 6.60. The maximum Gasteiger partial charge on any atom is 0.0490 e. The van der Waals surface area contributed by atoms with Gasteiger partial charge in [-0.25, -0.2) is 0 Å². The lowest BCUT2D eigenvalue weighted by Crippen LogP contribution is -2.15. The lowest BCUT2D eigenvalue weighted by atomic mass is 9.87. The van der Waals surface area contributed by atoms with Crippen LogP contribution in [0.2, 0.25) is 0 Å². The smallest absolute Gasteiger partial charge is 0.0490 e. The fraction of sp³-hybridized carbons (Fsp3) is 0.625. The summed E-state index contributed by atoms with van der Waals surface area (Å²) in [7, 11) is 0. The molecule has 0 fully saturated rings. The van der Waals surface area contributed by atoms with E-state index in [1.165, 1.54) is 5.69 Å². The molecule has 2 heteroatoms. The van der Waals surface area contributed by atoms with Crippen LogP contribution in [0.15, 0.2) is 12.3 Å². The predicted octanol–water partition coefficient (Wildman–Crippen LogP) is 2.34. The van der Waals surface area contributed by atoms with E-state index in [1.54, 1.807) is 6.20 Å². The lowest BCUT2D eigenvalue weighted by Gasteiger charge is -2.19. The van der Waals surface area contributed by atoms with Crippen LogP contribution in [0.1, 0.15) is 34.3 Å². The molecule has 1 rings (SSSR count). The number of aromatic nitrogens is 2. The summed E-state index contributed by atoms with van der Waals surface area (Å²) in [5.41, 5.74) is 1.46. The van der Waals surface area contributed by atoms with Gasteiger partial charge < -0.3 is 0 Å². The van der Waals surface area contributed by atoms with E-state index in [0.717, 1.165) is 6.42 Å². The van der Waals surface area contributed by atoms with Gasteiger partial charge in [0, 0.05) is 18.7 Å². The van der Waals surface area contributed by atoms with Gasteiger partial charge in [0.25, 0.3) is 0 Å². The summed E-state index contributed by atoms with van der Waals surface area (Å²) < 4.78 is 0. The van der Waals surface area contributed by atoms with Gasteiger partial charge in [0.05, 0.1) is 0 Å². The van der Waals surface area contributed by atoms with Crippen LogP contribution in [0.25, 0.3) is 0 Å². The Bertz CT molecular complexity index is 192. The number of nitrogens with zero attached hydrogens (tertiary/aromatic N) is 1. The third kappa shape index (κ3) is 1.20. The average molecular weight is 140 g/mol. The number of hydrogen-bond donors (Lipinski definition) is 1. The molecular weight excluding hydrogens is 124 g/mol. The van der Waals surface area contributed by atoms with Gasteiger partial charge >= 0.3 is 0 Å². The van der Waals surface area contributed by atoms with Crippen molar-refractivity contribution in [2.24, 2.45) is 0 Å². The third-order valence-corrected chi connectivity index (χ3v) is 2.11. The monoisotopic (exact) mass is 140 g/mol. The van der Waals surface area contributed by atoms with Gasteiger partial charge in [-0.3, -0.25) is 5.10 Å². The van der Waals surface area contributed by atoms with Crippen LogP contribution in [0.3, 0.4) is 0 Å². The van der Waals surface area contributed by atoms with Crippen molar-refractivity contribution in [2.75, 3.05) is 0 Å². The summed E-state index contributed by atoms with van der Waals surface area (Å²) in [6, 6.07) is 2.03. The van der Waals surface area contributed by atoms with Gasteiger partial charge in [-0.1, -0.05) is 20.8 Å². The molecule has 1 aromatic rings. The Labute approximate surface area is 63.1 Å². The summed E-state index contributed by atoms with van der Waals surface area (Å²) in [5.74, 6) is 0. The summed E-state index contributed by atoms with van der Waals surface area (Å²) in [6.07, 6.45) is 2.93. The predicted molar refractivity (Wildman–Crippen MR) is 44.0 cm³/mol. The van der Waals surface area contributed by atoms with Gasteiger partial charge in [0.2, 0.25) is 0 Å². The Morgan fingerprint density at radius 3 is 2.80 bits per heavy atom. The van der Waals surface area contributed by atoms with Crippen molar-refractivity contribution < 1.29 is 1.43 Å². The van der Waals surface area contributed by atoms with Crippen LogP contribution in [0, 0.1) is 0 Å². The van der Waals surface area contributed by atoms with Crippen molar-refractivity contribution in [2.45, 2.75) is 32.6 Å². The van der Waals surface area contributed by atoms with Crippen molar-refractivity contribution in [1.29, 1.82) is 0 Å². The first-order valence-corrected chi connectivity index (χ1v) is 3.66. The molecule has 1 N–H and O–H groups in total. The lowest BCUT2D eigenvalue weighted by molar-refractivity contribution is 0.489. The second-order valence-electron chi connectivity index (χ2n) is 3.21. The molecule has 1 heterocycles. The maximum absolute atomic E-state index is 3.91. The first-order chi connectivity index (χ1) is 4.67. The average Bonchev–Trinajstić information content (AvgIpc) is 2.38. The topological polar surface area (TPSA) is 28.7 Å². The van der Waals surface area contributed by atoms with Crippen LogP contribution >= 0.6 is 0 Å². The van der Waals surface area contributed by atoms with Crippen LogP contribution in [-0.4, -0.2) is 10.2 Å². The Morgan fingerprint density at radius 2 is 2.40 bits per heavy atom. The van der Waals surface area contributed by atoms with E-state index in [4.69, 9.17) is 0 Å². The van der Waals surface area contributed by atoms with Crippen molar-refractivity contribution in [3.05, 3.63) is 18.0 Å². The van der Waals surface area contributed by atoms with E-state index >= 15 is 0 Å². The zero-order valence-electron chi connectivity index (χ0n) is 6.81. The van der Waals surface area contributed by atoms with E-state index in [-0.39, 0.29) is 6.84 Å². The molecule has 0 aliphatic carbocycles. The number of rotatable bonds is 2. The van der Waals surface area contributed by atoms with E-state index < -0.39 is 0 Å². The van der Waals surface area contributed by atoms with E-state index in [1.807, 2.05) is 6.07 Å². The molecule has 0 saturated heterocycles. The first-order valence-electron chi connectivity index (χ1n) is 3.66. The molecule has 1 aromatic heterocycles. The molecular formula is C8H16N2. The SMILES string of the molecule is CCC(C)(C)c1ccn[nH]1.[HH]. The molecule has 0 radical (unpaired) electrons. The molecule has 2 nitrogen and oxygen atoms in total. The molecule has 0 aliphatic rings. The van der Waals surface area contributed by atoms with Gasteiger partial charge in [0.1, 0.15) is 0 Å². The van der Waals surface area contributed by atoms with Crippen LogP contribution < -0.4 is 0 Å². The second kappa shape index (κ2) is 2.45. The molecule has 0 atom stereocenters. The summed E-state index contributed by atoms with van der Waals surface area (Å²) in [4.78, 5) is 0. The Balaban J connectivity index is 0.000001000. The molecule has 0 aromatic carbocycles. The fourth-order valence-corrected chi connectivity index (χ4v) is 0.823. The zero-order valence-corrected chi connectivity index (χ0v) is 6.81. The van der Waals surface area contributed by atoms with Gasteiger partial charge in [0.15, 0.2) is 0 Å². The quantitative estimate of drug-likeness (QED) is 0.671. The number of hydrogen-bond acceptors (Lipinski definition) is 1. The Morgan fingerprint density at radius 1 is 1.70 bits per heavy atom. The van der Waals surface area contributed by atoms with Crippen LogP contribution in [0.5, 0.6) is 0 Å². The minimum atomic E-state index is 0. The molecule has 0 bridgehead atoms. The van der Waals surface area contributed by atoms with Crippen molar-refractivity contribution in [3.8, 4) is 0 Å². The Kier molecular flexibility index (Phi) is 1.79. The standard InChI is InChI=1S/C8H14N2.H2/c1-4-8(2,3)7-5-6-9-10-7;/h5-6H,4H2,1-3H3,(H,9,10);1H. The normalized spacial score (nSPS) is 11.9. The molecule has 0 aliphatic heterocycles. The number of aromatic amines is 1. The molecule has 10 heavy (non-hydrogen) atoms. The highest BCUT2D eigenvalue weighted by Crippen LogP contribution is 2.23. The molecule has 58 valence electrons.